The number of anilines is 1. The molecule has 0 fully saturated rings. The molecule has 0 aliphatic rings. The molecule has 122 valence electrons. The number of nitrogens with one attached hydrogen (secondary N) is 2. The molecule has 0 bridgehead atoms. The highest BCUT2D eigenvalue weighted by Crippen LogP contribution is 2.19. The van der Waals surface area contributed by atoms with Crippen LogP contribution in [0.1, 0.15) is 26.5 Å². The Morgan fingerprint density at radius 3 is 2.70 bits per heavy atom. The summed E-state index contributed by atoms with van der Waals surface area (Å²) in [6.45, 7) is 3.20. The smallest absolute Gasteiger partial charge is 0.291 e. The van der Waals surface area contributed by atoms with Gasteiger partial charge in [-0.05, 0) is 43.8 Å². The minimum absolute atomic E-state index is 0.0891. The van der Waals surface area contributed by atoms with Gasteiger partial charge in [0.15, 0.2) is 5.76 Å². The van der Waals surface area contributed by atoms with Crippen LogP contribution in [0, 0.1) is 6.92 Å². The molecule has 2 aromatic rings. The molecule has 0 saturated carbocycles. The average molecular weight is 315 g/mol. The van der Waals surface area contributed by atoms with E-state index in [1.165, 1.54) is 6.26 Å². The van der Waals surface area contributed by atoms with Crippen LogP contribution in [0.25, 0.3) is 0 Å². The molecule has 0 spiro atoms. The molecular weight excluding hydrogens is 294 g/mol. The van der Waals surface area contributed by atoms with E-state index in [9.17, 15) is 9.59 Å². The second-order valence-corrected chi connectivity index (χ2v) is 5.29. The SMILES string of the molecule is CNCCN(C)C(=O)c1ccc(C)c(NC(=O)c2ccco2)c1. The Morgan fingerprint density at radius 2 is 2.04 bits per heavy atom. The van der Waals surface area contributed by atoms with E-state index in [-0.39, 0.29) is 17.6 Å². The second kappa shape index (κ2) is 7.60. The lowest BCUT2D eigenvalue weighted by Gasteiger charge is -2.18. The Morgan fingerprint density at radius 1 is 1.26 bits per heavy atom. The zero-order valence-corrected chi connectivity index (χ0v) is 13.6. The number of aryl methyl sites for hydroxylation is 1. The van der Waals surface area contributed by atoms with Gasteiger partial charge in [0.25, 0.3) is 11.8 Å². The number of carbonyl (C=O) groups is 2. The van der Waals surface area contributed by atoms with Gasteiger partial charge in [0.1, 0.15) is 0 Å². The van der Waals surface area contributed by atoms with Crippen LogP contribution in [0.2, 0.25) is 0 Å². The van der Waals surface area contributed by atoms with Crippen LogP contribution in [0.4, 0.5) is 5.69 Å². The summed E-state index contributed by atoms with van der Waals surface area (Å²) in [5.41, 5.74) is 2.00. The third-order valence-corrected chi connectivity index (χ3v) is 3.52. The van der Waals surface area contributed by atoms with Crippen molar-refractivity contribution in [2.75, 3.05) is 32.5 Å². The van der Waals surface area contributed by atoms with Crippen LogP contribution in [0.3, 0.4) is 0 Å². The average Bonchev–Trinajstić information content (AvgIpc) is 3.08. The Bertz CT molecular complexity index is 680. The Balaban J connectivity index is 2.15. The first-order chi connectivity index (χ1) is 11.0. The predicted octanol–water partition coefficient (Wildman–Crippen LogP) is 2.13. The largest absolute Gasteiger partial charge is 0.459 e. The van der Waals surface area contributed by atoms with Gasteiger partial charge in [-0.1, -0.05) is 6.07 Å². The molecule has 2 N–H and O–H groups in total. The molecule has 1 heterocycles. The summed E-state index contributed by atoms with van der Waals surface area (Å²) in [4.78, 5) is 26.1. The Labute approximate surface area is 135 Å². The van der Waals surface area contributed by atoms with Gasteiger partial charge in [0, 0.05) is 31.4 Å². The fourth-order valence-corrected chi connectivity index (χ4v) is 2.08. The number of benzene rings is 1. The van der Waals surface area contributed by atoms with E-state index < -0.39 is 0 Å². The highest BCUT2D eigenvalue weighted by atomic mass is 16.3. The maximum absolute atomic E-state index is 12.4. The zero-order chi connectivity index (χ0) is 16.8. The number of hydrogen-bond acceptors (Lipinski definition) is 4. The Hall–Kier alpha value is -2.60. The maximum Gasteiger partial charge on any atom is 0.291 e. The monoisotopic (exact) mass is 315 g/mol. The third-order valence-electron chi connectivity index (χ3n) is 3.52. The molecule has 0 radical (unpaired) electrons. The third kappa shape index (κ3) is 4.20. The summed E-state index contributed by atoms with van der Waals surface area (Å²) in [5, 5.41) is 5.78. The number of likely N-dealkylation sites (N-methyl/N-ethyl adjacent to an activating group) is 2. The van der Waals surface area contributed by atoms with Crippen molar-refractivity contribution in [1.82, 2.24) is 10.2 Å². The fraction of sp³-hybridized carbons (Fsp3) is 0.294. The quantitative estimate of drug-likeness (QED) is 0.856. The molecule has 2 rings (SSSR count). The minimum Gasteiger partial charge on any atom is -0.459 e. The van der Waals surface area contributed by atoms with Gasteiger partial charge in [-0.15, -0.1) is 0 Å². The lowest BCUT2D eigenvalue weighted by Crippen LogP contribution is -2.32. The van der Waals surface area contributed by atoms with Gasteiger partial charge in [0.2, 0.25) is 0 Å². The molecule has 6 nitrogen and oxygen atoms in total. The van der Waals surface area contributed by atoms with Crippen molar-refractivity contribution >= 4 is 17.5 Å². The van der Waals surface area contributed by atoms with Crippen LogP contribution in [0.5, 0.6) is 0 Å². The summed E-state index contributed by atoms with van der Waals surface area (Å²) >= 11 is 0. The first kappa shape index (κ1) is 16.8. The molecule has 0 aliphatic carbocycles. The van der Waals surface area contributed by atoms with Gasteiger partial charge in [-0.3, -0.25) is 9.59 Å². The van der Waals surface area contributed by atoms with Crippen molar-refractivity contribution in [3.05, 3.63) is 53.5 Å². The van der Waals surface area contributed by atoms with Crippen molar-refractivity contribution in [2.24, 2.45) is 0 Å². The topological polar surface area (TPSA) is 74.6 Å². The van der Waals surface area contributed by atoms with E-state index in [0.29, 0.717) is 17.8 Å². The summed E-state index contributed by atoms with van der Waals surface area (Å²) in [6, 6.07) is 8.50. The first-order valence-corrected chi connectivity index (χ1v) is 7.38. The van der Waals surface area contributed by atoms with Gasteiger partial charge in [-0.25, -0.2) is 0 Å². The number of furan rings is 1. The Kier molecular flexibility index (Phi) is 5.54. The standard InChI is InChI=1S/C17H21N3O3/c1-12-6-7-13(17(22)20(3)9-8-18-2)11-14(12)19-16(21)15-5-4-10-23-15/h4-7,10-11,18H,8-9H2,1-3H3,(H,19,21). The maximum atomic E-state index is 12.4. The van der Waals surface area contributed by atoms with E-state index >= 15 is 0 Å². The molecule has 0 aliphatic heterocycles. The van der Waals surface area contributed by atoms with E-state index in [1.54, 1.807) is 36.2 Å². The van der Waals surface area contributed by atoms with E-state index in [4.69, 9.17) is 4.42 Å². The molecule has 2 amide bonds. The summed E-state index contributed by atoms with van der Waals surface area (Å²) in [6.07, 6.45) is 1.44. The second-order valence-electron chi connectivity index (χ2n) is 5.29. The first-order valence-electron chi connectivity index (χ1n) is 7.38. The molecule has 6 heteroatoms. The normalized spacial score (nSPS) is 10.4. The van der Waals surface area contributed by atoms with Crippen molar-refractivity contribution in [3.63, 3.8) is 0 Å². The van der Waals surface area contributed by atoms with E-state index in [0.717, 1.165) is 12.1 Å². The summed E-state index contributed by atoms with van der Waals surface area (Å²) in [7, 11) is 3.59. The lowest BCUT2D eigenvalue weighted by atomic mass is 10.1. The molecule has 0 atom stereocenters. The van der Waals surface area contributed by atoms with Crippen LogP contribution in [0.15, 0.2) is 41.0 Å². The predicted molar refractivity (Wildman–Crippen MR) is 88.7 cm³/mol. The molecular formula is C17H21N3O3. The van der Waals surface area contributed by atoms with Crippen LogP contribution in [-0.2, 0) is 0 Å². The van der Waals surface area contributed by atoms with Gasteiger partial charge >= 0.3 is 0 Å². The number of rotatable bonds is 6. The highest BCUT2D eigenvalue weighted by Gasteiger charge is 2.15. The van der Waals surface area contributed by atoms with Crippen LogP contribution in [-0.4, -0.2) is 43.9 Å². The number of nitrogens with zero attached hydrogens (tertiary/aromatic N) is 1. The van der Waals surface area contributed by atoms with Crippen molar-refractivity contribution < 1.29 is 14.0 Å². The van der Waals surface area contributed by atoms with Crippen LogP contribution >= 0.6 is 0 Å². The van der Waals surface area contributed by atoms with E-state index in [2.05, 4.69) is 10.6 Å². The zero-order valence-electron chi connectivity index (χ0n) is 13.6. The van der Waals surface area contributed by atoms with Gasteiger partial charge in [0.05, 0.1) is 6.26 Å². The number of carbonyl (C=O) groups excluding carboxylic acids is 2. The molecule has 23 heavy (non-hydrogen) atoms. The van der Waals surface area contributed by atoms with Crippen LogP contribution < -0.4 is 10.6 Å². The molecule has 1 aromatic carbocycles. The molecule has 0 unspecified atom stereocenters. The summed E-state index contributed by atoms with van der Waals surface area (Å²) in [5.74, 6) is -0.202. The van der Waals surface area contributed by atoms with E-state index in [1.807, 2.05) is 20.0 Å². The summed E-state index contributed by atoms with van der Waals surface area (Å²) < 4.78 is 5.07. The van der Waals surface area contributed by atoms with Crippen molar-refractivity contribution in [3.8, 4) is 0 Å². The van der Waals surface area contributed by atoms with Crippen molar-refractivity contribution in [2.45, 2.75) is 6.92 Å². The number of hydrogen-bond donors (Lipinski definition) is 2. The highest BCUT2D eigenvalue weighted by molar-refractivity contribution is 6.03. The van der Waals surface area contributed by atoms with Gasteiger partial charge < -0.3 is 20.0 Å². The minimum atomic E-state index is -0.341. The lowest BCUT2D eigenvalue weighted by molar-refractivity contribution is 0.0796. The fourth-order valence-electron chi connectivity index (χ4n) is 2.08. The van der Waals surface area contributed by atoms with Crippen molar-refractivity contribution in [1.29, 1.82) is 0 Å². The molecule has 1 aromatic heterocycles. The van der Waals surface area contributed by atoms with Gasteiger partial charge in [-0.2, -0.15) is 0 Å². The molecule has 0 saturated heterocycles. The number of amides is 2.